The molecule has 0 aromatic carbocycles. The molecule has 0 fully saturated rings. The van der Waals surface area contributed by atoms with E-state index in [1.54, 1.807) is 13.1 Å². The zero-order valence-corrected chi connectivity index (χ0v) is 7.10. The molecule has 0 aliphatic carbocycles. The number of nitrogens with one attached hydrogen (secondary N) is 1. The van der Waals surface area contributed by atoms with Crippen molar-refractivity contribution in [3.05, 3.63) is 27.9 Å². The Labute approximate surface area is 66.6 Å². The minimum atomic E-state index is -0.121. The van der Waals surface area contributed by atoms with E-state index < -0.39 is 0 Å². The largest absolute Gasteiger partial charge is 0.326 e. The van der Waals surface area contributed by atoms with Crippen molar-refractivity contribution in [2.24, 2.45) is 0 Å². The van der Waals surface area contributed by atoms with Crippen molar-refractivity contribution < 1.29 is 0 Å². The predicted octanol–water partition coefficient (Wildman–Crippen LogP) is 0.973. The summed E-state index contributed by atoms with van der Waals surface area (Å²) in [6.45, 7) is 1.69. The summed E-state index contributed by atoms with van der Waals surface area (Å²) in [5, 5.41) is 0.671. The topological polar surface area (TPSA) is 45.8 Å². The van der Waals surface area contributed by atoms with Crippen LogP contribution in [0.2, 0.25) is 0 Å². The Kier molecular flexibility index (Phi) is 2.21. The molecule has 0 saturated carbocycles. The molecule has 0 bridgehead atoms. The average Bonchev–Trinajstić information content (AvgIpc) is 1.95. The number of aromatic nitrogens is 2. The fourth-order valence-corrected chi connectivity index (χ4v) is 0.907. The Morgan fingerprint density at radius 3 is 3.00 bits per heavy atom. The van der Waals surface area contributed by atoms with Gasteiger partial charge in [-0.3, -0.25) is 4.79 Å². The second kappa shape index (κ2) is 2.96. The van der Waals surface area contributed by atoms with Gasteiger partial charge in [-0.2, -0.15) is 0 Å². The standard InChI is InChI=1S/C6H7BrN2O/c1-4-6(10)8-3-5(2-7)9-4/h3H,2H2,1H3,(H,8,10). The summed E-state index contributed by atoms with van der Waals surface area (Å²) in [7, 11) is 0. The minimum absolute atomic E-state index is 0.121. The van der Waals surface area contributed by atoms with Gasteiger partial charge in [0, 0.05) is 11.5 Å². The van der Waals surface area contributed by atoms with Gasteiger partial charge >= 0.3 is 0 Å². The lowest BCUT2D eigenvalue weighted by Crippen LogP contribution is -2.11. The van der Waals surface area contributed by atoms with Crippen LogP contribution in [0.15, 0.2) is 11.0 Å². The first kappa shape index (κ1) is 7.47. The number of aromatic amines is 1. The average molecular weight is 203 g/mol. The maximum absolute atomic E-state index is 10.8. The third kappa shape index (κ3) is 1.44. The Balaban J connectivity index is 3.17. The van der Waals surface area contributed by atoms with E-state index in [-0.39, 0.29) is 5.56 Å². The molecular formula is C6H7BrN2O. The van der Waals surface area contributed by atoms with Gasteiger partial charge in [0.05, 0.1) is 5.69 Å². The van der Waals surface area contributed by atoms with Crippen LogP contribution in [0.25, 0.3) is 0 Å². The third-order valence-corrected chi connectivity index (χ3v) is 1.72. The van der Waals surface area contributed by atoms with Crippen molar-refractivity contribution in [1.82, 2.24) is 9.97 Å². The Hall–Kier alpha value is -0.640. The summed E-state index contributed by atoms with van der Waals surface area (Å²) in [5.74, 6) is 0. The Bertz CT molecular complexity index is 281. The van der Waals surface area contributed by atoms with E-state index in [4.69, 9.17) is 0 Å². The van der Waals surface area contributed by atoms with Crippen LogP contribution in [-0.2, 0) is 5.33 Å². The van der Waals surface area contributed by atoms with E-state index in [0.717, 1.165) is 5.69 Å². The van der Waals surface area contributed by atoms with Gasteiger partial charge in [-0.15, -0.1) is 0 Å². The molecule has 1 heterocycles. The van der Waals surface area contributed by atoms with Gasteiger partial charge in [0.2, 0.25) is 0 Å². The lowest BCUT2D eigenvalue weighted by Gasteiger charge is -1.93. The zero-order chi connectivity index (χ0) is 7.56. The summed E-state index contributed by atoms with van der Waals surface area (Å²) in [6.07, 6.45) is 1.60. The second-order valence-electron chi connectivity index (χ2n) is 1.94. The van der Waals surface area contributed by atoms with E-state index in [9.17, 15) is 4.79 Å². The molecule has 0 aliphatic heterocycles. The molecule has 54 valence electrons. The maximum atomic E-state index is 10.8. The summed E-state index contributed by atoms with van der Waals surface area (Å²) in [6, 6.07) is 0. The molecule has 3 nitrogen and oxygen atoms in total. The lowest BCUT2D eigenvalue weighted by atomic mass is 10.4. The first-order chi connectivity index (χ1) is 4.74. The molecule has 1 aromatic rings. The number of hydrogen-bond acceptors (Lipinski definition) is 2. The van der Waals surface area contributed by atoms with Crippen molar-refractivity contribution in [1.29, 1.82) is 0 Å². The second-order valence-corrected chi connectivity index (χ2v) is 2.50. The van der Waals surface area contributed by atoms with Crippen molar-refractivity contribution >= 4 is 15.9 Å². The lowest BCUT2D eigenvalue weighted by molar-refractivity contribution is 1.01. The van der Waals surface area contributed by atoms with Crippen LogP contribution in [0.5, 0.6) is 0 Å². The quantitative estimate of drug-likeness (QED) is 0.691. The Morgan fingerprint density at radius 2 is 2.50 bits per heavy atom. The predicted molar refractivity (Wildman–Crippen MR) is 42.2 cm³/mol. The first-order valence-corrected chi connectivity index (χ1v) is 3.97. The van der Waals surface area contributed by atoms with Crippen molar-refractivity contribution in [2.45, 2.75) is 12.3 Å². The molecule has 0 unspecified atom stereocenters. The number of H-pyrrole nitrogens is 1. The number of halogens is 1. The third-order valence-electron chi connectivity index (χ3n) is 1.15. The molecule has 0 saturated heterocycles. The van der Waals surface area contributed by atoms with Crippen molar-refractivity contribution in [3.63, 3.8) is 0 Å². The molecule has 0 spiro atoms. The van der Waals surface area contributed by atoms with Gasteiger partial charge in [-0.25, -0.2) is 4.98 Å². The highest BCUT2D eigenvalue weighted by molar-refractivity contribution is 9.08. The molecule has 1 aromatic heterocycles. The number of nitrogens with zero attached hydrogens (tertiary/aromatic N) is 1. The van der Waals surface area contributed by atoms with E-state index >= 15 is 0 Å². The zero-order valence-electron chi connectivity index (χ0n) is 5.52. The van der Waals surface area contributed by atoms with Crippen LogP contribution < -0.4 is 5.56 Å². The molecule has 4 heteroatoms. The smallest absolute Gasteiger partial charge is 0.269 e. The van der Waals surface area contributed by atoms with Crippen LogP contribution in [0.3, 0.4) is 0 Å². The number of hydrogen-bond donors (Lipinski definition) is 1. The minimum Gasteiger partial charge on any atom is -0.326 e. The first-order valence-electron chi connectivity index (χ1n) is 2.85. The van der Waals surface area contributed by atoms with Gasteiger partial charge < -0.3 is 4.98 Å². The van der Waals surface area contributed by atoms with E-state index in [2.05, 4.69) is 25.9 Å². The fraction of sp³-hybridized carbons (Fsp3) is 0.333. The molecule has 10 heavy (non-hydrogen) atoms. The maximum Gasteiger partial charge on any atom is 0.269 e. The summed E-state index contributed by atoms with van der Waals surface area (Å²) in [4.78, 5) is 17.3. The van der Waals surface area contributed by atoms with E-state index in [1.165, 1.54) is 0 Å². The molecule has 0 amide bonds. The SMILES string of the molecule is Cc1nc(CBr)c[nH]c1=O. The highest BCUT2D eigenvalue weighted by atomic mass is 79.9. The van der Waals surface area contributed by atoms with Crippen LogP contribution in [-0.4, -0.2) is 9.97 Å². The number of aryl methyl sites for hydroxylation is 1. The van der Waals surface area contributed by atoms with E-state index in [1.807, 2.05) is 0 Å². The van der Waals surface area contributed by atoms with Gasteiger partial charge in [0.25, 0.3) is 5.56 Å². The van der Waals surface area contributed by atoms with Gasteiger partial charge in [0.15, 0.2) is 0 Å². The van der Waals surface area contributed by atoms with Crippen LogP contribution in [0.1, 0.15) is 11.4 Å². The van der Waals surface area contributed by atoms with Gasteiger partial charge in [-0.05, 0) is 6.92 Å². The molecule has 1 N–H and O–H groups in total. The monoisotopic (exact) mass is 202 g/mol. The molecular weight excluding hydrogens is 196 g/mol. The Morgan fingerprint density at radius 1 is 1.80 bits per heavy atom. The van der Waals surface area contributed by atoms with Gasteiger partial charge in [0.1, 0.15) is 5.69 Å². The van der Waals surface area contributed by atoms with Crippen LogP contribution >= 0.6 is 15.9 Å². The van der Waals surface area contributed by atoms with Gasteiger partial charge in [-0.1, -0.05) is 15.9 Å². The number of rotatable bonds is 1. The van der Waals surface area contributed by atoms with Crippen LogP contribution in [0.4, 0.5) is 0 Å². The van der Waals surface area contributed by atoms with E-state index in [0.29, 0.717) is 11.0 Å². The summed E-state index contributed by atoms with van der Waals surface area (Å²) >= 11 is 3.23. The molecule has 1 rings (SSSR count). The van der Waals surface area contributed by atoms with Crippen molar-refractivity contribution in [3.8, 4) is 0 Å². The van der Waals surface area contributed by atoms with Crippen molar-refractivity contribution in [2.75, 3.05) is 0 Å². The normalized spacial score (nSPS) is 9.80. The summed E-state index contributed by atoms with van der Waals surface area (Å²) < 4.78 is 0. The number of alkyl halides is 1. The summed E-state index contributed by atoms with van der Waals surface area (Å²) in [5.41, 5.74) is 1.23. The fourth-order valence-electron chi connectivity index (χ4n) is 0.620. The highest BCUT2D eigenvalue weighted by Gasteiger charge is 1.94. The molecule has 0 aliphatic rings. The molecule has 0 radical (unpaired) electrons. The van der Waals surface area contributed by atoms with Crippen LogP contribution in [0, 0.1) is 6.92 Å². The highest BCUT2D eigenvalue weighted by Crippen LogP contribution is 1.96. The molecule has 0 atom stereocenters.